The largest absolute Gasteiger partial charge is 0.507 e. The quantitative estimate of drug-likeness (QED) is 0.149. The van der Waals surface area contributed by atoms with Crippen LogP contribution in [-0.2, 0) is 22.6 Å². The average Bonchev–Trinajstić information content (AvgIpc) is 4.07. The van der Waals surface area contributed by atoms with Crippen molar-refractivity contribution in [3.8, 4) is 29.4 Å². The molecule has 5 aliphatic heterocycles. The minimum Gasteiger partial charge on any atom is -0.507 e. The number of rotatable bonds is 9. The number of aromatic hydroxyl groups is 1. The Balaban J connectivity index is 0.744. The molecule has 4 amide bonds. The number of aromatic nitrogens is 3. The standard InChI is InChI=1S/C51H66N10O5/c1-6-33-11-13-34(14-12-33)29-52-48(64)43-27-38(62)31-61(43)49(65)46(51(3,4)5)54-50(66)58-23-17-35(18-24-58)57-21-15-36(16-22-57)59-25-19-37(30-59)60-26-20-41-45(32(60)2)40-28-42(55-56-47(40)53-41)39-9-7-8-10-44(39)63/h1,7-14,28,32,35-38,43,46,62-63H,15-27,29-31H2,2-5H3,(H,52,64)(H,53,56)(H,54,66)/t32-,37?,38-,43+,46-/m1/s1. The van der Waals surface area contributed by atoms with E-state index in [2.05, 4.69) is 59.4 Å². The Bertz CT molecular complexity index is 2440. The van der Waals surface area contributed by atoms with E-state index >= 15 is 0 Å². The molecule has 0 radical (unpaired) electrons. The Morgan fingerprint density at radius 2 is 1.58 bits per heavy atom. The molecule has 4 aromatic rings. The molecule has 5 N–H and O–H groups in total. The summed E-state index contributed by atoms with van der Waals surface area (Å²) < 4.78 is 0. The molecule has 15 heteroatoms. The summed E-state index contributed by atoms with van der Waals surface area (Å²) in [6.45, 7) is 14.9. The van der Waals surface area contributed by atoms with Gasteiger partial charge in [0.1, 0.15) is 17.8 Å². The van der Waals surface area contributed by atoms with E-state index in [0.29, 0.717) is 42.5 Å². The van der Waals surface area contributed by atoms with Gasteiger partial charge in [-0.1, -0.05) is 51.0 Å². The molecule has 15 nitrogen and oxygen atoms in total. The molecule has 4 saturated heterocycles. The molecule has 5 aliphatic rings. The van der Waals surface area contributed by atoms with E-state index < -0.39 is 23.6 Å². The maximum absolute atomic E-state index is 14.2. The molecule has 4 fully saturated rings. The number of β-amino-alcohol motifs (C(OH)–C–C–N with tert-alkyl or cyclic N) is 1. The van der Waals surface area contributed by atoms with Crippen LogP contribution in [0.2, 0.25) is 0 Å². The normalized spacial score (nSPS) is 24.3. The summed E-state index contributed by atoms with van der Waals surface area (Å²) in [5.41, 5.74) is 5.70. The molecule has 0 saturated carbocycles. The van der Waals surface area contributed by atoms with Gasteiger partial charge >= 0.3 is 6.03 Å². The summed E-state index contributed by atoms with van der Waals surface area (Å²) in [4.78, 5) is 56.4. The van der Waals surface area contributed by atoms with Gasteiger partial charge in [-0.2, -0.15) is 0 Å². The van der Waals surface area contributed by atoms with Gasteiger partial charge in [-0.25, -0.2) is 4.79 Å². The van der Waals surface area contributed by atoms with Crippen LogP contribution in [0.1, 0.15) is 94.6 Å². The number of hydrogen-bond acceptors (Lipinski definition) is 10. The SMILES string of the molecule is C#Cc1ccc(CNC(=O)[C@@H]2C[C@@H](O)CN2C(=O)[C@@H](NC(=O)N2CCC(N3CCC(N4CCC(N5CCc6[nH]c7nnc(-c8ccccc8O)cc7c6[C@H]5C)C4)CC3)CC2)C(C)(C)C)cc1. The predicted molar refractivity (Wildman–Crippen MR) is 253 cm³/mol. The van der Waals surface area contributed by atoms with Crippen molar-refractivity contribution in [2.45, 2.75) is 122 Å². The first-order valence-electron chi connectivity index (χ1n) is 24.0. The number of amides is 4. The Kier molecular flexibility index (Phi) is 13.1. The van der Waals surface area contributed by atoms with Crippen molar-refractivity contribution in [3.63, 3.8) is 0 Å². The van der Waals surface area contributed by atoms with Crippen LogP contribution in [0.25, 0.3) is 22.3 Å². The number of aromatic amines is 1. The van der Waals surface area contributed by atoms with Crippen molar-refractivity contribution in [1.29, 1.82) is 0 Å². The Morgan fingerprint density at radius 1 is 0.894 bits per heavy atom. The molecule has 2 aromatic heterocycles. The minimum atomic E-state index is -0.882. The molecule has 2 aromatic carbocycles. The second kappa shape index (κ2) is 19.0. The van der Waals surface area contributed by atoms with Gasteiger partial charge in [0.2, 0.25) is 11.8 Å². The lowest BCUT2D eigenvalue weighted by Crippen LogP contribution is -2.60. The molecule has 0 aliphatic carbocycles. The van der Waals surface area contributed by atoms with Crippen LogP contribution in [-0.4, -0.2) is 156 Å². The monoisotopic (exact) mass is 899 g/mol. The fourth-order valence-corrected chi connectivity index (χ4v) is 11.4. The average molecular weight is 899 g/mol. The van der Waals surface area contributed by atoms with E-state index in [0.717, 1.165) is 93.4 Å². The number of nitrogens with zero attached hydrogens (tertiary/aromatic N) is 7. The van der Waals surface area contributed by atoms with Gasteiger partial charge in [-0.15, -0.1) is 16.6 Å². The first-order chi connectivity index (χ1) is 31.7. The second-order valence-corrected chi connectivity index (χ2v) is 20.3. The number of phenolic OH excluding ortho intramolecular Hbond substituents is 1. The number of likely N-dealkylation sites (tertiary alicyclic amines) is 4. The number of carbonyl (C=O) groups is 3. The third kappa shape index (κ3) is 9.38. The van der Waals surface area contributed by atoms with E-state index in [9.17, 15) is 24.6 Å². The fourth-order valence-electron chi connectivity index (χ4n) is 11.4. The lowest BCUT2D eigenvalue weighted by Gasteiger charge is -2.44. The lowest BCUT2D eigenvalue weighted by atomic mass is 9.85. The van der Waals surface area contributed by atoms with E-state index in [4.69, 9.17) is 6.42 Å². The molecular formula is C51H66N10O5. The number of aliphatic hydroxyl groups is 1. The first kappa shape index (κ1) is 45.6. The van der Waals surface area contributed by atoms with Gasteiger partial charge in [-0.05, 0) is 99.0 Å². The highest BCUT2D eigenvalue weighted by atomic mass is 16.3. The van der Waals surface area contributed by atoms with Crippen LogP contribution in [0.3, 0.4) is 0 Å². The van der Waals surface area contributed by atoms with Crippen LogP contribution < -0.4 is 10.6 Å². The molecule has 1 unspecified atom stereocenters. The van der Waals surface area contributed by atoms with E-state index in [1.807, 2.05) is 68.1 Å². The summed E-state index contributed by atoms with van der Waals surface area (Å²) >= 11 is 0. The number of para-hydroxylation sites is 1. The van der Waals surface area contributed by atoms with Crippen LogP contribution in [0, 0.1) is 17.8 Å². The number of nitrogens with one attached hydrogen (secondary N) is 3. The highest BCUT2D eigenvalue weighted by molar-refractivity contribution is 5.93. The van der Waals surface area contributed by atoms with Crippen LogP contribution in [0.5, 0.6) is 5.75 Å². The van der Waals surface area contributed by atoms with Crippen molar-refractivity contribution in [2.75, 3.05) is 52.4 Å². The number of hydrogen-bond donors (Lipinski definition) is 5. The van der Waals surface area contributed by atoms with Gasteiger partial charge in [0, 0.05) is 105 Å². The second-order valence-electron chi connectivity index (χ2n) is 20.3. The molecule has 350 valence electrons. The topological polar surface area (TPSA) is 173 Å². The van der Waals surface area contributed by atoms with Crippen molar-refractivity contribution in [2.24, 2.45) is 5.41 Å². The maximum Gasteiger partial charge on any atom is 0.318 e. The highest BCUT2D eigenvalue weighted by Gasteiger charge is 2.45. The molecule has 66 heavy (non-hydrogen) atoms. The molecule has 5 atom stereocenters. The zero-order valence-electron chi connectivity index (χ0n) is 38.9. The number of aliphatic hydroxyl groups excluding tert-OH is 1. The summed E-state index contributed by atoms with van der Waals surface area (Å²) in [5.74, 6) is 2.08. The molecule has 7 heterocycles. The smallest absolute Gasteiger partial charge is 0.318 e. The number of piperidine rings is 2. The molecule has 0 bridgehead atoms. The maximum atomic E-state index is 14.2. The Morgan fingerprint density at radius 3 is 2.29 bits per heavy atom. The van der Waals surface area contributed by atoms with Crippen molar-refractivity contribution in [1.82, 2.24) is 50.3 Å². The van der Waals surface area contributed by atoms with E-state index in [1.54, 1.807) is 6.07 Å². The van der Waals surface area contributed by atoms with Crippen molar-refractivity contribution in [3.05, 3.63) is 77.0 Å². The lowest BCUT2D eigenvalue weighted by molar-refractivity contribution is -0.142. The number of fused-ring (bicyclic) bond motifs is 3. The minimum absolute atomic E-state index is 0.0294. The van der Waals surface area contributed by atoms with Crippen LogP contribution in [0.15, 0.2) is 54.6 Å². The number of phenols is 1. The fraction of sp³-hybridized carbons (Fsp3) is 0.549. The number of carbonyl (C=O) groups excluding carboxylic acids is 3. The van der Waals surface area contributed by atoms with Gasteiger partial charge in [0.25, 0.3) is 0 Å². The van der Waals surface area contributed by atoms with Gasteiger partial charge in [-0.3, -0.25) is 19.4 Å². The van der Waals surface area contributed by atoms with Crippen molar-refractivity contribution >= 4 is 28.9 Å². The van der Waals surface area contributed by atoms with Gasteiger partial charge in [0.05, 0.1) is 11.8 Å². The molecule has 9 rings (SSSR count). The van der Waals surface area contributed by atoms with Gasteiger partial charge in [0.15, 0.2) is 5.65 Å². The molecule has 0 spiro atoms. The predicted octanol–water partition coefficient (Wildman–Crippen LogP) is 4.64. The summed E-state index contributed by atoms with van der Waals surface area (Å²) in [7, 11) is 0. The van der Waals surface area contributed by atoms with E-state index in [1.165, 1.54) is 16.2 Å². The number of terminal acetylenes is 1. The number of benzene rings is 2. The Labute approximate surface area is 388 Å². The number of urea groups is 1. The van der Waals surface area contributed by atoms with E-state index in [-0.39, 0.29) is 49.1 Å². The molecular weight excluding hydrogens is 833 g/mol. The van der Waals surface area contributed by atoms with Crippen LogP contribution >= 0.6 is 0 Å². The number of H-pyrrole nitrogens is 1. The zero-order valence-corrected chi connectivity index (χ0v) is 38.9. The Hall–Kier alpha value is -5.53. The summed E-state index contributed by atoms with van der Waals surface area (Å²) in [6, 6.07) is 16.4. The van der Waals surface area contributed by atoms with Crippen molar-refractivity contribution < 1.29 is 24.6 Å². The third-order valence-electron chi connectivity index (χ3n) is 15.2. The van der Waals surface area contributed by atoms with Gasteiger partial charge < -0.3 is 40.5 Å². The summed E-state index contributed by atoms with van der Waals surface area (Å²) in [5, 5.41) is 37.2. The third-order valence-corrected chi connectivity index (χ3v) is 15.2. The first-order valence-corrected chi connectivity index (χ1v) is 24.0. The van der Waals surface area contributed by atoms with Crippen LogP contribution in [0.4, 0.5) is 4.79 Å². The summed E-state index contributed by atoms with van der Waals surface area (Å²) in [6.07, 6.45) is 10.9. The zero-order chi connectivity index (χ0) is 46.3. The highest BCUT2D eigenvalue weighted by Crippen LogP contribution is 2.40.